The molecule has 15 heavy (non-hydrogen) atoms. The molecule has 6 nitrogen and oxygen atoms in total. The Morgan fingerprint density at radius 3 is 3.13 bits per heavy atom. The van der Waals surface area contributed by atoms with Crippen LogP contribution in [0.2, 0.25) is 5.02 Å². The fraction of sp³-hybridized carbons (Fsp3) is 0.375. The van der Waals surface area contributed by atoms with Gasteiger partial charge in [0.2, 0.25) is 0 Å². The minimum absolute atomic E-state index is 0.0230. The molecule has 1 aromatic rings. The summed E-state index contributed by atoms with van der Waals surface area (Å²) < 4.78 is 4.45. The van der Waals surface area contributed by atoms with E-state index in [2.05, 4.69) is 20.3 Å². The zero-order chi connectivity index (χ0) is 11.3. The molecule has 0 bridgehead atoms. The molecule has 1 heterocycles. The third-order valence-electron chi connectivity index (χ3n) is 1.67. The van der Waals surface area contributed by atoms with Crippen molar-refractivity contribution in [3.05, 3.63) is 21.6 Å². The van der Waals surface area contributed by atoms with Crippen LogP contribution in [0.4, 0.5) is 5.69 Å². The molecule has 0 radical (unpaired) electrons. The van der Waals surface area contributed by atoms with Crippen molar-refractivity contribution in [2.75, 3.05) is 19.0 Å². The van der Waals surface area contributed by atoms with E-state index in [9.17, 15) is 9.59 Å². The number of methoxy groups -OCH3 is 1. The van der Waals surface area contributed by atoms with E-state index in [4.69, 9.17) is 11.6 Å². The molecule has 0 aliphatic carbocycles. The van der Waals surface area contributed by atoms with Crippen molar-refractivity contribution in [3.8, 4) is 0 Å². The molecule has 1 rings (SSSR count). The van der Waals surface area contributed by atoms with Gasteiger partial charge in [0.15, 0.2) is 0 Å². The van der Waals surface area contributed by atoms with E-state index < -0.39 is 5.56 Å². The van der Waals surface area contributed by atoms with Gasteiger partial charge in [-0.3, -0.25) is 9.59 Å². The van der Waals surface area contributed by atoms with Crippen LogP contribution in [0.15, 0.2) is 11.0 Å². The van der Waals surface area contributed by atoms with Crippen LogP contribution in [0, 0.1) is 0 Å². The maximum atomic E-state index is 11.0. The number of rotatable bonds is 4. The summed E-state index contributed by atoms with van der Waals surface area (Å²) in [5.41, 5.74) is -0.0796. The van der Waals surface area contributed by atoms with Gasteiger partial charge in [0.1, 0.15) is 5.02 Å². The second-order valence-electron chi connectivity index (χ2n) is 2.68. The fourth-order valence-electron chi connectivity index (χ4n) is 0.908. The number of carbonyl (C=O) groups excluding carboxylic acids is 1. The summed E-state index contributed by atoms with van der Waals surface area (Å²) in [4.78, 5) is 21.8. The normalized spacial score (nSPS) is 9.73. The largest absolute Gasteiger partial charge is 0.469 e. The number of hydrogen-bond acceptors (Lipinski definition) is 5. The van der Waals surface area contributed by atoms with Crippen molar-refractivity contribution in [1.29, 1.82) is 0 Å². The molecule has 82 valence electrons. The molecule has 0 aliphatic rings. The van der Waals surface area contributed by atoms with Crippen molar-refractivity contribution in [2.24, 2.45) is 0 Å². The minimum atomic E-state index is -0.472. The molecule has 0 spiro atoms. The molecular formula is C8H10ClN3O3. The van der Waals surface area contributed by atoms with Crippen LogP contribution in [-0.2, 0) is 9.53 Å². The number of halogens is 1. The van der Waals surface area contributed by atoms with E-state index in [1.54, 1.807) is 0 Å². The first-order valence-electron chi connectivity index (χ1n) is 4.19. The lowest BCUT2D eigenvalue weighted by atomic mass is 10.4. The van der Waals surface area contributed by atoms with Crippen LogP contribution >= 0.6 is 11.6 Å². The lowest BCUT2D eigenvalue weighted by Crippen LogP contribution is -2.14. The lowest BCUT2D eigenvalue weighted by molar-refractivity contribution is -0.140. The molecule has 0 atom stereocenters. The molecule has 0 aliphatic heterocycles. The maximum Gasteiger partial charge on any atom is 0.307 e. The molecular weight excluding hydrogens is 222 g/mol. The van der Waals surface area contributed by atoms with E-state index in [1.807, 2.05) is 0 Å². The number of hydrogen-bond donors (Lipinski definition) is 2. The van der Waals surface area contributed by atoms with Crippen LogP contribution in [0.25, 0.3) is 0 Å². The number of H-pyrrole nitrogens is 1. The van der Waals surface area contributed by atoms with Crippen LogP contribution < -0.4 is 10.9 Å². The SMILES string of the molecule is COC(=O)CCNc1cn[nH]c(=O)c1Cl. The average Bonchev–Trinajstić information content (AvgIpc) is 2.24. The molecule has 0 unspecified atom stereocenters. The predicted octanol–water partition coefficient (Wildman–Crippen LogP) is 0.398. The highest BCUT2D eigenvalue weighted by molar-refractivity contribution is 6.32. The molecule has 1 aromatic heterocycles. The Hall–Kier alpha value is -1.56. The smallest absolute Gasteiger partial charge is 0.307 e. The quantitative estimate of drug-likeness (QED) is 0.733. The molecule has 0 aromatic carbocycles. The van der Waals surface area contributed by atoms with Gasteiger partial charge < -0.3 is 10.1 Å². The number of carbonyl (C=O) groups is 1. The monoisotopic (exact) mass is 231 g/mol. The van der Waals surface area contributed by atoms with Crippen LogP contribution in [0.5, 0.6) is 0 Å². The van der Waals surface area contributed by atoms with Gasteiger partial charge >= 0.3 is 5.97 Å². The van der Waals surface area contributed by atoms with Gasteiger partial charge in [-0.1, -0.05) is 11.6 Å². The summed E-state index contributed by atoms with van der Waals surface area (Å²) in [7, 11) is 1.31. The van der Waals surface area contributed by atoms with Crippen LogP contribution in [0.1, 0.15) is 6.42 Å². The first-order chi connectivity index (χ1) is 7.15. The second-order valence-corrected chi connectivity index (χ2v) is 3.06. The van der Waals surface area contributed by atoms with Gasteiger partial charge in [-0.15, -0.1) is 0 Å². The molecule has 0 fully saturated rings. The summed E-state index contributed by atoms with van der Waals surface area (Å²) in [6.45, 7) is 0.331. The number of nitrogens with zero attached hydrogens (tertiary/aromatic N) is 1. The zero-order valence-electron chi connectivity index (χ0n) is 8.04. The van der Waals surface area contributed by atoms with E-state index in [1.165, 1.54) is 13.3 Å². The van der Waals surface area contributed by atoms with E-state index in [0.717, 1.165) is 0 Å². The Bertz CT molecular complexity index is 404. The molecule has 0 amide bonds. The average molecular weight is 232 g/mol. The van der Waals surface area contributed by atoms with Gasteiger partial charge in [0, 0.05) is 6.54 Å². The van der Waals surface area contributed by atoms with Crippen molar-refractivity contribution >= 4 is 23.3 Å². The standard InChI is InChI=1S/C8H10ClN3O3/c1-15-6(13)2-3-10-5-4-11-12-8(14)7(5)9/h4H,2-3H2,1H3,(H2,10,12,14). The van der Waals surface area contributed by atoms with E-state index in [-0.39, 0.29) is 17.4 Å². The number of ether oxygens (including phenoxy) is 1. The highest BCUT2D eigenvalue weighted by Crippen LogP contribution is 2.13. The Kier molecular flexibility index (Phi) is 4.11. The molecule has 2 N–H and O–H groups in total. The van der Waals surface area contributed by atoms with Gasteiger partial charge in [-0.2, -0.15) is 5.10 Å². The van der Waals surface area contributed by atoms with Gasteiger partial charge in [0.25, 0.3) is 5.56 Å². The second kappa shape index (κ2) is 5.35. The number of nitrogens with one attached hydrogen (secondary N) is 2. The fourth-order valence-corrected chi connectivity index (χ4v) is 1.07. The van der Waals surface area contributed by atoms with Crippen LogP contribution in [0.3, 0.4) is 0 Å². The number of esters is 1. The van der Waals surface area contributed by atoms with Crippen molar-refractivity contribution < 1.29 is 9.53 Å². The Morgan fingerprint density at radius 2 is 2.47 bits per heavy atom. The Morgan fingerprint density at radius 1 is 1.73 bits per heavy atom. The minimum Gasteiger partial charge on any atom is -0.469 e. The zero-order valence-corrected chi connectivity index (χ0v) is 8.80. The van der Waals surface area contributed by atoms with Crippen LogP contribution in [-0.4, -0.2) is 29.8 Å². The summed E-state index contributed by atoms with van der Waals surface area (Å²) >= 11 is 5.68. The molecule has 0 saturated carbocycles. The van der Waals surface area contributed by atoms with Gasteiger partial charge in [-0.05, 0) is 0 Å². The van der Waals surface area contributed by atoms with Crippen molar-refractivity contribution in [1.82, 2.24) is 10.2 Å². The highest BCUT2D eigenvalue weighted by Gasteiger charge is 2.05. The molecule has 0 saturated heterocycles. The first-order valence-corrected chi connectivity index (χ1v) is 4.57. The van der Waals surface area contributed by atoms with E-state index in [0.29, 0.717) is 12.2 Å². The summed E-state index contributed by atoms with van der Waals surface area (Å²) in [6.07, 6.45) is 1.57. The number of anilines is 1. The summed E-state index contributed by atoms with van der Waals surface area (Å²) in [6, 6.07) is 0. The maximum absolute atomic E-state index is 11.0. The Labute approximate surface area is 90.6 Å². The van der Waals surface area contributed by atoms with Crippen molar-refractivity contribution in [3.63, 3.8) is 0 Å². The van der Waals surface area contributed by atoms with Gasteiger partial charge in [0.05, 0.1) is 25.4 Å². The van der Waals surface area contributed by atoms with E-state index >= 15 is 0 Å². The number of aromatic nitrogens is 2. The predicted molar refractivity (Wildman–Crippen MR) is 55.0 cm³/mol. The topological polar surface area (TPSA) is 84.1 Å². The van der Waals surface area contributed by atoms with Gasteiger partial charge in [-0.25, -0.2) is 5.10 Å². The summed E-state index contributed by atoms with van der Waals surface area (Å²) in [5, 5.41) is 8.57. The molecule has 7 heteroatoms. The third kappa shape index (κ3) is 3.25. The third-order valence-corrected chi connectivity index (χ3v) is 2.04. The lowest BCUT2D eigenvalue weighted by Gasteiger charge is -2.05. The Balaban J connectivity index is 2.55. The first kappa shape index (κ1) is 11.5. The number of aromatic amines is 1. The highest BCUT2D eigenvalue weighted by atomic mass is 35.5. The van der Waals surface area contributed by atoms with Crippen molar-refractivity contribution in [2.45, 2.75) is 6.42 Å². The summed E-state index contributed by atoms with van der Waals surface area (Å²) in [5.74, 6) is -0.337.